The van der Waals surface area contributed by atoms with Gasteiger partial charge in [-0.05, 0) is 69.0 Å². The first kappa shape index (κ1) is 22.2. The molecule has 6 rings (SSSR count). The zero-order chi connectivity index (χ0) is 25.0. The second-order valence-electron chi connectivity index (χ2n) is 9.36. The third-order valence-corrected chi connectivity index (χ3v) is 7.20. The van der Waals surface area contributed by atoms with Gasteiger partial charge in [-0.25, -0.2) is 19.6 Å². The highest BCUT2D eigenvalue weighted by atomic mass is 16.5. The molecule has 9 heteroatoms. The molecular formula is C27H27N7O2. The van der Waals surface area contributed by atoms with E-state index in [1.807, 2.05) is 65.6 Å². The molecule has 0 amide bonds. The Bertz CT molecular complexity index is 1680. The van der Waals surface area contributed by atoms with Crippen molar-refractivity contribution in [3.05, 3.63) is 70.5 Å². The highest BCUT2D eigenvalue weighted by Gasteiger charge is 2.29. The van der Waals surface area contributed by atoms with Crippen LogP contribution in [-0.4, -0.2) is 36.4 Å². The molecule has 36 heavy (non-hydrogen) atoms. The monoisotopic (exact) mass is 481 g/mol. The number of methoxy groups -OCH3 is 1. The summed E-state index contributed by atoms with van der Waals surface area (Å²) in [5, 5.41) is 6.29. The molecule has 1 unspecified atom stereocenters. The molecule has 2 aromatic carbocycles. The Labute approximate surface area is 207 Å². The number of para-hydroxylation sites is 1. The predicted octanol–water partition coefficient (Wildman–Crippen LogP) is 4.44. The largest absolute Gasteiger partial charge is 0.496 e. The van der Waals surface area contributed by atoms with E-state index in [1.54, 1.807) is 7.11 Å². The summed E-state index contributed by atoms with van der Waals surface area (Å²) in [6.07, 6.45) is 4.47. The summed E-state index contributed by atoms with van der Waals surface area (Å²) in [6.45, 7) is 3.99. The smallest absolute Gasteiger partial charge is 0.261 e. The third-order valence-electron chi connectivity index (χ3n) is 7.20. The van der Waals surface area contributed by atoms with E-state index >= 15 is 0 Å². The molecule has 3 aromatic heterocycles. The maximum atomic E-state index is 13.6. The van der Waals surface area contributed by atoms with Gasteiger partial charge in [0.2, 0.25) is 0 Å². The third kappa shape index (κ3) is 3.34. The van der Waals surface area contributed by atoms with Crippen molar-refractivity contribution in [2.45, 2.75) is 45.2 Å². The van der Waals surface area contributed by atoms with Crippen molar-refractivity contribution < 1.29 is 4.74 Å². The average molecular weight is 482 g/mol. The molecule has 1 saturated carbocycles. The number of ether oxygens (including phenoxy) is 1. The lowest BCUT2D eigenvalue weighted by molar-refractivity contribution is 0.288. The highest BCUT2D eigenvalue weighted by Crippen LogP contribution is 2.37. The molecule has 182 valence electrons. The minimum atomic E-state index is -0.368. The zero-order valence-corrected chi connectivity index (χ0v) is 20.5. The molecule has 0 bridgehead atoms. The van der Waals surface area contributed by atoms with Gasteiger partial charge < -0.3 is 10.5 Å². The maximum absolute atomic E-state index is 13.6. The lowest BCUT2D eigenvalue weighted by Gasteiger charge is -2.31. The van der Waals surface area contributed by atoms with E-state index in [0.717, 1.165) is 36.1 Å². The highest BCUT2D eigenvalue weighted by molar-refractivity contribution is 5.98. The van der Waals surface area contributed by atoms with E-state index in [-0.39, 0.29) is 17.6 Å². The molecule has 1 fully saturated rings. The van der Waals surface area contributed by atoms with Gasteiger partial charge in [0.1, 0.15) is 35.5 Å². The summed E-state index contributed by atoms with van der Waals surface area (Å²) >= 11 is 0. The first-order valence-corrected chi connectivity index (χ1v) is 12.1. The Morgan fingerprint density at radius 2 is 1.94 bits per heavy atom. The van der Waals surface area contributed by atoms with Crippen LogP contribution in [0.25, 0.3) is 33.2 Å². The Morgan fingerprint density at radius 3 is 2.67 bits per heavy atom. The number of nitrogen functional groups attached to an aromatic ring is 1. The van der Waals surface area contributed by atoms with Crippen molar-refractivity contribution in [2.75, 3.05) is 12.8 Å². The van der Waals surface area contributed by atoms with Crippen LogP contribution >= 0.6 is 0 Å². The molecular weight excluding hydrogens is 454 g/mol. The molecule has 3 heterocycles. The molecule has 1 atom stereocenters. The summed E-state index contributed by atoms with van der Waals surface area (Å²) in [4.78, 5) is 27.4. The van der Waals surface area contributed by atoms with Gasteiger partial charge in [-0.15, -0.1) is 0 Å². The van der Waals surface area contributed by atoms with Gasteiger partial charge in [0, 0.05) is 11.6 Å². The van der Waals surface area contributed by atoms with E-state index in [0.29, 0.717) is 39.3 Å². The fourth-order valence-electron chi connectivity index (χ4n) is 5.06. The Balaban J connectivity index is 1.58. The molecule has 0 saturated heterocycles. The van der Waals surface area contributed by atoms with Crippen LogP contribution in [0, 0.1) is 6.92 Å². The van der Waals surface area contributed by atoms with Gasteiger partial charge in [-0.1, -0.05) is 12.1 Å². The lowest BCUT2D eigenvalue weighted by atomic mass is 9.92. The standard InChI is InChI=1S/C27H27N7O2/c1-15-13-17(11-12-21(15)36-3)23-22-24(28)29-14-30-26(22)34(32-23)16(2)25-31-20-10-5-4-9-19(20)27(35)33(25)18-7-6-8-18/h4-5,9-14,16,18H,6-8H2,1-3H3,(H2,28,29,30). The van der Waals surface area contributed by atoms with E-state index in [2.05, 4.69) is 9.97 Å². The number of nitrogens with two attached hydrogens (primary N) is 1. The van der Waals surface area contributed by atoms with Crippen molar-refractivity contribution in [1.29, 1.82) is 0 Å². The molecule has 5 aromatic rings. The van der Waals surface area contributed by atoms with E-state index < -0.39 is 0 Å². The summed E-state index contributed by atoms with van der Waals surface area (Å²) in [5.74, 6) is 1.82. The van der Waals surface area contributed by atoms with Gasteiger partial charge >= 0.3 is 0 Å². The van der Waals surface area contributed by atoms with Crippen molar-refractivity contribution in [3.63, 3.8) is 0 Å². The molecule has 0 aliphatic heterocycles. The first-order chi connectivity index (χ1) is 17.5. The predicted molar refractivity (Wildman–Crippen MR) is 139 cm³/mol. The van der Waals surface area contributed by atoms with Gasteiger partial charge in [0.25, 0.3) is 5.56 Å². The maximum Gasteiger partial charge on any atom is 0.261 e. The fraction of sp³-hybridized carbons (Fsp3) is 0.296. The van der Waals surface area contributed by atoms with Crippen LogP contribution in [0.5, 0.6) is 5.75 Å². The number of rotatable bonds is 5. The Hall–Kier alpha value is -4.27. The second kappa shape index (κ2) is 8.44. The molecule has 9 nitrogen and oxygen atoms in total. The van der Waals surface area contributed by atoms with Crippen LogP contribution in [0.3, 0.4) is 0 Å². The van der Waals surface area contributed by atoms with E-state index in [9.17, 15) is 4.79 Å². The minimum Gasteiger partial charge on any atom is -0.496 e. The number of aryl methyl sites for hydroxylation is 1. The van der Waals surface area contributed by atoms with Crippen LogP contribution in [-0.2, 0) is 0 Å². The number of anilines is 1. The van der Waals surface area contributed by atoms with E-state index in [4.69, 9.17) is 20.6 Å². The quantitative estimate of drug-likeness (QED) is 0.395. The number of hydrogen-bond acceptors (Lipinski definition) is 7. The lowest BCUT2D eigenvalue weighted by Crippen LogP contribution is -2.34. The fourth-order valence-corrected chi connectivity index (χ4v) is 5.06. The van der Waals surface area contributed by atoms with Crippen LogP contribution in [0.15, 0.2) is 53.6 Å². The van der Waals surface area contributed by atoms with Gasteiger partial charge in [0.05, 0.1) is 23.4 Å². The van der Waals surface area contributed by atoms with Gasteiger partial charge in [0.15, 0.2) is 5.65 Å². The number of hydrogen-bond donors (Lipinski definition) is 1. The van der Waals surface area contributed by atoms with Crippen LogP contribution in [0.2, 0.25) is 0 Å². The van der Waals surface area contributed by atoms with Crippen LogP contribution < -0.4 is 16.0 Å². The SMILES string of the molecule is COc1ccc(-c2nn(C(C)c3nc4ccccc4c(=O)n3C3CCC3)c3ncnc(N)c23)cc1C. The first-order valence-electron chi connectivity index (χ1n) is 12.1. The number of benzene rings is 2. The van der Waals surface area contributed by atoms with Crippen molar-refractivity contribution in [2.24, 2.45) is 0 Å². The Morgan fingerprint density at radius 1 is 1.14 bits per heavy atom. The normalized spacial score (nSPS) is 14.8. The Kier molecular flexibility index (Phi) is 5.21. The van der Waals surface area contributed by atoms with Crippen molar-refractivity contribution in [1.82, 2.24) is 29.3 Å². The van der Waals surface area contributed by atoms with Crippen molar-refractivity contribution in [3.8, 4) is 17.0 Å². The number of fused-ring (bicyclic) bond motifs is 2. The summed E-state index contributed by atoms with van der Waals surface area (Å²) in [5.41, 5.74) is 10.2. The summed E-state index contributed by atoms with van der Waals surface area (Å²) in [6, 6.07) is 13.2. The van der Waals surface area contributed by atoms with Crippen LogP contribution in [0.4, 0.5) is 5.82 Å². The van der Waals surface area contributed by atoms with Crippen molar-refractivity contribution >= 4 is 27.8 Å². The topological polar surface area (TPSA) is 114 Å². The van der Waals surface area contributed by atoms with Crippen LogP contribution in [0.1, 0.15) is 49.7 Å². The zero-order valence-electron chi connectivity index (χ0n) is 20.5. The van der Waals surface area contributed by atoms with Gasteiger partial charge in [-0.2, -0.15) is 5.10 Å². The van der Waals surface area contributed by atoms with Gasteiger partial charge in [-0.3, -0.25) is 9.36 Å². The minimum absolute atomic E-state index is 0.0104. The summed E-state index contributed by atoms with van der Waals surface area (Å²) in [7, 11) is 1.65. The molecule has 1 aliphatic carbocycles. The summed E-state index contributed by atoms with van der Waals surface area (Å²) < 4.78 is 9.11. The van der Waals surface area contributed by atoms with E-state index in [1.165, 1.54) is 6.33 Å². The number of aromatic nitrogens is 6. The molecule has 0 radical (unpaired) electrons. The number of nitrogens with zero attached hydrogens (tertiary/aromatic N) is 6. The molecule has 0 spiro atoms. The molecule has 1 aliphatic rings. The average Bonchev–Trinajstić information content (AvgIpc) is 3.25. The molecule has 2 N–H and O–H groups in total. The second-order valence-corrected chi connectivity index (χ2v) is 9.36.